The molecule has 0 fully saturated rings. The Morgan fingerprint density at radius 3 is 2.31 bits per heavy atom. The molecule has 4 rings (SSSR count). The lowest BCUT2D eigenvalue weighted by atomic mass is 10.0. The fourth-order valence-corrected chi connectivity index (χ4v) is 4.94. The Morgan fingerprint density at radius 1 is 0.844 bits per heavy atom. The van der Waals surface area contributed by atoms with Crippen molar-refractivity contribution >= 4 is 29.2 Å². The fraction of sp³-hybridized carbons (Fsp3) is 0.257. The summed E-state index contributed by atoms with van der Waals surface area (Å²) in [5.41, 5.74) is 4.47. The minimum atomic E-state index is -0.993. The van der Waals surface area contributed by atoms with E-state index in [-0.39, 0.29) is 31.0 Å². The minimum absolute atomic E-state index is 0.0401. The summed E-state index contributed by atoms with van der Waals surface area (Å²) in [5, 5.41) is 12.3. The molecule has 0 spiro atoms. The lowest BCUT2D eigenvalue weighted by Crippen LogP contribution is -2.32. The zero-order chi connectivity index (χ0) is 32.3. The maximum absolute atomic E-state index is 13.9. The largest absolute Gasteiger partial charge is 0.481 e. The Morgan fingerprint density at radius 2 is 1.60 bits per heavy atom. The van der Waals surface area contributed by atoms with Gasteiger partial charge in [0.2, 0.25) is 0 Å². The van der Waals surface area contributed by atoms with Crippen molar-refractivity contribution < 1.29 is 23.9 Å². The number of aromatic nitrogens is 1. The lowest BCUT2D eigenvalue weighted by Gasteiger charge is -2.24. The summed E-state index contributed by atoms with van der Waals surface area (Å²) in [6.45, 7) is 1.91. The molecule has 9 nitrogen and oxygen atoms in total. The molecule has 0 saturated carbocycles. The number of carbonyl (C=O) groups is 3. The van der Waals surface area contributed by atoms with Crippen LogP contribution in [0.1, 0.15) is 39.1 Å². The Balaban J connectivity index is 1.63. The number of nitrogens with one attached hydrogen (secondary N) is 1. The van der Waals surface area contributed by atoms with Gasteiger partial charge in [-0.25, -0.2) is 4.39 Å². The zero-order valence-electron chi connectivity index (χ0n) is 25.7. The summed E-state index contributed by atoms with van der Waals surface area (Å²) in [6, 6.07) is 22.3. The number of pyridine rings is 1. The van der Waals surface area contributed by atoms with E-state index < -0.39 is 17.7 Å². The van der Waals surface area contributed by atoms with Crippen molar-refractivity contribution in [2.45, 2.75) is 19.4 Å². The third-order valence-corrected chi connectivity index (χ3v) is 7.27. The van der Waals surface area contributed by atoms with E-state index in [0.717, 1.165) is 41.9 Å². The highest BCUT2D eigenvalue weighted by molar-refractivity contribution is 6.06. The predicted molar refractivity (Wildman–Crippen MR) is 174 cm³/mol. The van der Waals surface area contributed by atoms with Gasteiger partial charge in [-0.2, -0.15) is 0 Å². The van der Waals surface area contributed by atoms with Crippen LogP contribution in [0, 0.1) is 5.82 Å². The Kier molecular flexibility index (Phi) is 11.4. The monoisotopic (exact) mass is 611 g/mol. The van der Waals surface area contributed by atoms with Crippen molar-refractivity contribution in [2.75, 3.05) is 51.0 Å². The molecule has 0 aliphatic carbocycles. The number of anilines is 2. The van der Waals surface area contributed by atoms with Crippen LogP contribution in [0.5, 0.6) is 0 Å². The number of aliphatic carboxylic acids is 1. The van der Waals surface area contributed by atoms with Gasteiger partial charge in [-0.1, -0.05) is 30.3 Å². The van der Waals surface area contributed by atoms with Crippen molar-refractivity contribution in [3.05, 3.63) is 114 Å². The van der Waals surface area contributed by atoms with Gasteiger partial charge in [0, 0.05) is 44.6 Å². The van der Waals surface area contributed by atoms with Crippen LogP contribution in [0.4, 0.5) is 15.8 Å². The molecular weight excluding hydrogens is 573 g/mol. The number of amides is 2. The Hall–Kier alpha value is -5.09. The summed E-state index contributed by atoms with van der Waals surface area (Å²) in [4.78, 5) is 47.5. The average Bonchev–Trinajstić information content (AvgIpc) is 3.03. The predicted octanol–water partition coefficient (Wildman–Crippen LogP) is 5.65. The van der Waals surface area contributed by atoms with Gasteiger partial charge in [0.25, 0.3) is 11.8 Å². The van der Waals surface area contributed by atoms with E-state index in [4.69, 9.17) is 0 Å². The number of carboxylic acid groups (broad SMARTS) is 1. The average molecular weight is 612 g/mol. The molecule has 10 heteroatoms. The first-order valence-corrected chi connectivity index (χ1v) is 14.7. The van der Waals surface area contributed by atoms with Crippen LogP contribution in [-0.4, -0.2) is 78.5 Å². The second kappa shape index (κ2) is 15.6. The molecular formula is C35H38FN5O4. The molecule has 0 bridgehead atoms. The van der Waals surface area contributed by atoms with E-state index >= 15 is 0 Å². The van der Waals surface area contributed by atoms with E-state index in [1.807, 2.05) is 63.6 Å². The first-order chi connectivity index (χ1) is 21.6. The smallest absolute Gasteiger partial charge is 0.305 e. The maximum atomic E-state index is 13.9. The topological polar surface area (TPSA) is 106 Å². The maximum Gasteiger partial charge on any atom is 0.305 e. The van der Waals surface area contributed by atoms with Crippen molar-refractivity contribution in [1.29, 1.82) is 0 Å². The van der Waals surface area contributed by atoms with Crippen molar-refractivity contribution in [2.24, 2.45) is 0 Å². The van der Waals surface area contributed by atoms with E-state index in [2.05, 4.69) is 20.1 Å². The molecule has 4 aromatic rings. The van der Waals surface area contributed by atoms with Crippen LogP contribution >= 0.6 is 0 Å². The standard InChI is InChI=1S/C35H38FN5O4/c1-39(2)17-7-18-40(3)32-14-13-27(22-31(32)38-34(44)28-10-5-12-30(36)21-28)26-9-4-8-25(20-26)24-41(19-15-33(42)43)35(45)29-11-6-16-37-23-29/h4-6,8-14,16,20-23H,7,15,17-19,24H2,1-3H3,(H,38,44)(H,42,43). The van der Waals surface area contributed by atoms with Crippen LogP contribution < -0.4 is 10.2 Å². The molecule has 2 amide bonds. The van der Waals surface area contributed by atoms with Crippen molar-refractivity contribution in [1.82, 2.24) is 14.8 Å². The van der Waals surface area contributed by atoms with Crippen LogP contribution in [0.2, 0.25) is 0 Å². The summed E-state index contributed by atoms with van der Waals surface area (Å²) in [5.74, 6) is -2.22. The molecule has 0 atom stereocenters. The molecule has 234 valence electrons. The number of carboxylic acids is 1. The molecule has 2 N–H and O–H groups in total. The number of rotatable bonds is 14. The second-order valence-corrected chi connectivity index (χ2v) is 11.1. The summed E-state index contributed by atoms with van der Waals surface area (Å²) < 4.78 is 13.9. The van der Waals surface area contributed by atoms with Crippen LogP contribution in [-0.2, 0) is 11.3 Å². The molecule has 0 aliphatic heterocycles. The molecule has 45 heavy (non-hydrogen) atoms. The number of benzene rings is 3. The Bertz CT molecular complexity index is 1630. The van der Waals surface area contributed by atoms with Gasteiger partial charge in [-0.05, 0) is 92.3 Å². The molecule has 0 unspecified atom stereocenters. The number of hydrogen-bond donors (Lipinski definition) is 2. The molecule has 0 radical (unpaired) electrons. The molecule has 0 aliphatic rings. The normalized spacial score (nSPS) is 10.9. The highest BCUT2D eigenvalue weighted by Gasteiger charge is 2.19. The third-order valence-electron chi connectivity index (χ3n) is 7.27. The molecule has 1 aromatic heterocycles. The fourth-order valence-electron chi connectivity index (χ4n) is 4.94. The minimum Gasteiger partial charge on any atom is -0.481 e. The number of nitrogens with zero attached hydrogens (tertiary/aromatic N) is 4. The number of carbonyl (C=O) groups excluding carboxylic acids is 2. The second-order valence-electron chi connectivity index (χ2n) is 11.1. The van der Waals surface area contributed by atoms with E-state index in [0.29, 0.717) is 11.3 Å². The first-order valence-electron chi connectivity index (χ1n) is 14.7. The van der Waals surface area contributed by atoms with Gasteiger partial charge in [0.1, 0.15) is 5.82 Å². The highest BCUT2D eigenvalue weighted by Crippen LogP contribution is 2.32. The Labute approximate surface area is 262 Å². The highest BCUT2D eigenvalue weighted by atomic mass is 19.1. The van der Waals surface area contributed by atoms with Gasteiger partial charge in [-0.3, -0.25) is 19.4 Å². The van der Waals surface area contributed by atoms with Crippen LogP contribution in [0.15, 0.2) is 91.3 Å². The van der Waals surface area contributed by atoms with Crippen LogP contribution in [0.25, 0.3) is 11.1 Å². The first kappa shape index (κ1) is 32.8. The van der Waals surface area contributed by atoms with Gasteiger partial charge >= 0.3 is 5.97 Å². The summed E-state index contributed by atoms with van der Waals surface area (Å²) >= 11 is 0. The summed E-state index contributed by atoms with van der Waals surface area (Å²) in [7, 11) is 6.01. The number of hydrogen-bond acceptors (Lipinski definition) is 6. The lowest BCUT2D eigenvalue weighted by molar-refractivity contribution is -0.137. The van der Waals surface area contributed by atoms with E-state index in [1.54, 1.807) is 24.4 Å². The quantitative estimate of drug-likeness (QED) is 0.190. The van der Waals surface area contributed by atoms with Gasteiger partial charge in [-0.15, -0.1) is 0 Å². The van der Waals surface area contributed by atoms with E-state index in [9.17, 15) is 23.9 Å². The van der Waals surface area contributed by atoms with Gasteiger partial charge < -0.3 is 25.1 Å². The van der Waals surface area contributed by atoms with Gasteiger partial charge in [0.05, 0.1) is 23.4 Å². The van der Waals surface area contributed by atoms with Gasteiger partial charge in [0.15, 0.2) is 0 Å². The summed E-state index contributed by atoms with van der Waals surface area (Å²) in [6.07, 6.45) is 3.76. The van der Waals surface area contributed by atoms with Crippen molar-refractivity contribution in [3.8, 4) is 11.1 Å². The molecule has 3 aromatic carbocycles. The number of halogens is 1. The molecule has 0 saturated heterocycles. The SMILES string of the molecule is CN(C)CCCN(C)c1ccc(-c2cccc(CN(CCC(=O)O)C(=O)c3cccnc3)c2)cc1NC(=O)c1cccc(F)c1. The van der Waals surface area contributed by atoms with E-state index in [1.165, 1.54) is 29.3 Å². The molecule has 1 heterocycles. The zero-order valence-corrected chi connectivity index (χ0v) is 25.7. The third kappa shape index (κ3) is 9.45. The van der Waals surface area contributed by atoms with Crippen molar-refractivity contribution in [3.63, 3.8) is 0 Å². The van der Waals surface area contributed by atoms with Crippen LogP contribution in [0.3, 0.4) is 0 Å².